The van der Waals surface area contributed by atoms with Crippen molar-refractivity contribution in [3.63, 3.8) is 0 Å². The number of hydrogen-bond donors (Lipinski definition) is 2. The second-order valence-electron chi connectivity index (χ2n) is 4.17. The topological polar surface area (TPSA) is 75.1 Å². The fraction of sp³-hybridized carbons (Fsp3) is 0.700. The SMILES string of the molecule is O=C(O)C1(Nc2ncns2)CCCCCC1. The van der Waals surface area contributed by atoms with Gasteiger partial charge in [-0.3, -0.25) is 0 Å². The Morgan fingerprint density at radius 3 is 2.56 bits per heavy atom. The maximum atomic E-state index is 11.4. The van der Waals surface area contributed by atoms with E-state index in [0.717, 1.165) is 25.7 Å². The van der Waals surface area contributed by atoms with Crippen molar-refractivity contribution < 1.29 is 9.90 Å². The van der Waals surface area contributed by atoms with E-state index in [1.807, 2.05) is 0 Å². The van der Waals surface area contributed by atoms with E-state index in [0.29, 0.717) is 18.0 Å². The number of aliphatic carboxylic acids is 1. The second-order valence-corrected chi connectivity index (χ2v) is 4.95. The third-order valence-corrected chi connectivity index (χ3v) is 3.65. The molecule has 0 aromatic carbocycles. The van der Waals surface area contributed by atoms with E-state index in [2.05, 4.69) is 14.7 Å². The molecule has 1 aliphatic rings. The first-order valence-electron chi connectivity index (χ1n) is 5.51. The van der Waals surface area contributed by atoms with Crippen molar-refractivity contribution in [2.75, 3.05) is 5.32 Å². The third-order valence-electron chi connectivity index (χ3n) is 3.07. The van der Waals surface area contributed by atoms with Gasteiger partial charge in [0.05, 0.1) is 0 Å². The Morgan fingerprint density at radius 1 is 1.38 bits per heavy atom. The van der Waals surface area contributed by atoms with Crippen LogP contribution in [-0.2, 0) is 4.79 Å². The normalized spacial score (nSPS) is 20.0. The van der Waals surface area contributed by atoms with Crippen molar-refractivity contribution >= 4 is 22.6 Å². The molecule has 0 unspecified atom stereocenters. The molecule has 0 aliphatic heterocycles. The summed E-state index contributed by atoms with van der Waals surface area (Å²) in [5, 5.41) is 13.1. The maximum absolute atomic E-state index is 11.4. The van der Waals surface area contributed by atoms with Crippen LogP contribution in [0.2, 0.25) is 0 Å². The van der Waals surface area contributed by atoms with E-state index in [4.69, 9.17) is 0 Å². The molecule has 5 nitrogen and oxygen atoms in total. The van der Waals surface area contributed by atoms with Crippen LogP contribution in [-0.4, -0.2) is 26.0 Å². The van der Waals surface area contributed by atoms with Gasteiger partial charge in [0.2, 0.25) is 5.13 Å². The number of carbonyl (C=O) groups is 1. The minimum absolute atomic E-state index is 0.601. The molecule has 1 fully saturated rings. The van der Waals surface area contributed by atoms with Gasteiger partial charge in [-0.05, 0) is 12.8 Å². The summed E-state index contributed by atoms with van der Waals surface area (Å²) < 4.78 is 3.88. The van der Waals surface area contributed by atoms with Crippen LogP contribution in [0.4, 0.5) is 5.13 Å². The van der Waals surface area contributed by atoms with Crippen LogP contribution in [0.1, 0.15) is 38.5 Å². The molecule has 1 aromatic heterocycles. The molecule has 2 N–H and O–H groups in total. The Labute approximate surface area is 98.1 Å². The number of anilines is 1. The Balaban J connectivity index is 2.17. The Kier molecular flexibility index (Phi) is 3.38. The van der Waals surface area contributed by atoms with Crippen molar-refractivity contribution in [2.24, 2.45) is 0 Å². The zero-order valence-corrected chi connectivity index (χ0v) is 9.79. The van der Waals surface area contributed by atoms with E-state index in [-0.39, 0.29) is 0 Å². The molecule has 0 radical (unpaired) electrons. The molecule has 1 aliphatic carbocycles. The molecule has 0 spiro atoms. The largest absolute Gasteiger partial charge is 0.480 e. The van der Waals surface area contributed by atoms with E-state index >= 15 is 0 Å². The highest BCUT2D eigenvalue weighted by Crippen LogP contribution is 2.31. The van der Waals surface area contributed by atoms with Gasteiger partial charge in [0.25, 0.3) is 0 Å². The van der Waals surface area contributed by atoms with Crippen molar-refractivity contribution in [2.45, 2.75) is 44.1 Å². The van der Waals surface area contributed by atoms with Crippen molar-refractivity contribution in [1.82, 2.24) is 9.36 Å². The lowest BCUT2D eigenvalue weighted by atomic mass is 9.90. The quantitative estimate of drug-likeness (QED) is 0.793. The first kappa shape index (κ1) is 11.3. The third kappa shape index (κ3) is 2.32. The van der Waals surface area contributed by atoms with Crippen LogP contribution in [0.5, 0.6) is 0 Å². The number of rotatable bonds is 3. The molecule has 1 aromatic rings. The summed E-state index contributed by atoms with van der Waals surface area (Å²) in [4.78, 5) is 15.5. The van der Waals surface area contributed by atoms with Crippen LogP contribution < -0.4 is 5.32 Å². The number of carboxylic acid groups (broad SMARTS) is 1. The van der Waals surface area contributed by atoms with Gasteiger partial charge < -0.3 is 10.4 Å². The van der Waals surface area contributed by atoms with E-state index in [9.17, 15) is 9.90 Å². The Hall–Kier alpha value is -1.17. The minimum Gasteiger partial charge on any atom is -0.480 e. The summed E-state index contributed by atoms with van der Waals surface area (Å²) in [5.41, 5.74) is -0.837. The van der Waals surface area contributed by atoms with Gasteiger partial charge >= 0.3 is 5.97 Å². The summed E-state index contributed by atoms with van der Waals surface area (Å²) in [7, 11) is 0. The highest BCUT2D eigenvalue weighted by atomic mass is 32.1. The van der Waals surface area contributed by atoms with E-state index in [1.165, 1.54) is 17.9 Å². The van der Waals surface area contributed by atoms with Crippen LogP contribution in [0.25, 0.3) is 0 Å². The molecule has 6 heteroatoms. The smallest absolute Gasteiger partial charge is 0.329 e. The molecule has 0 amide bonds. The van der Waals surface area contributed by atoms with Gasteiger partial charge in [-0.15, -0.1) is 0 Å². The highest BCUT2D eigenvalue weighted by Gasteiger charge is 2.39. The van der Waals surface area contributed by atoms with Gasteiger partial charge in [-0.2, -0.15) is 4.37 Å². The molecule has 0 bridgehead atoms. The number of nitrogens with one attached hydrogen (secondary N) is 1. The van der Waals surface area contributed by atoms with Crippen LogP contribution >= 0.6 is 11.5 Å². The molecule has 0 saturated heterocycles. The standard InChI is InChI=1S/C10H15N3O2S/c14-8(15)10(5-3-1-2-4-6-10)13-9-11-7-12-16-9/h7H,1-6H2,(H,14,15)(H,11,12,13). The van der Waals surface area contributed by atoms with E-state index in [1.54, 1.807) is 0 Å². The summed E-state index contributed by atoms with van der Waals surface area (Å²) in [6, 6.07) is 0. The van der Waals surface area contributed by atoms with Gasteiger partial charge in [-0.1, -0.05) is 25.7 Å². The zero-order chi connectivity index (χ0) is 11.4. The maximum Gasteiger partial charge on any atom is 0.329 e. The van der Waals surface area contributed by atoms with Crippen LogP contribution in [0.15, 0.2) is 6.33 Å². The highest BCUT2D eigenvalue weighted by molar-refractivity contribution is 7.09. The molecular weight excluding hydrogens is 226 g/mol. The fourth-order valence-corrected chi connectivity index (χ4v) is 2.69. The molecule has 1 heterocycles. The van der Waals surface area contributed by atoms with Gasteiger partial charge in [0.15, 0.2) is 0 Å². The predicted molar refractivity (Wildman–Crippen MR) is 61.6 cm³/mol. The number of hydrogen-bond acceptors (Lipinski definition) is 5. The fourth-order valence-electron chi connectivity index (χ4n) is 2.16. The average molecular weight is 241 g/mol. The van der Waals surface area contributed by atoms with Gasteiger partial charge in [0, 0.05) is 11.5 Å². The zero-order valence-electron chi connectivity index (χ0n) is 8.98. The minimum atomic E-state index is -0.837. The first-order valence-corrected chi connectivity index (χ1v) is 6.28. The van der Waals surface area contributed by atoms with Gasteiger partial charge in [-0.25, -0.2) is 9.78 Å². The van der Waals surface area contributed by atoms with Crippen molar-refractivity contribution in [3.05, 3.63) is 6.33 Å². The first-order chi connectivity index (χ1) is 7.73. The Bertz CT molecular complexity index is 345. The number of aromatic nitrogens is 2. The summed E-state index contributed by atoms with van der Waals surface area (Å²) in [5.74, 6) is -0.774. The van der Waals surface area contributed by atoms with Crippen LogP contribution in [0.3, 0.4) is 0 Å². The molecule has 2 rings (SSSR count). The number of nitrogens with zero attached hydrogens (tertiary/aromatic N) is 2. The van der Waals surface area contributed by atoms with Crippen LogP contribution in [0, 0.1) is 0 Å². The monoisotopic (exact) mass is 241 g/mol. The lowest BCUT2D eigenvalue weighted by Crippen LogP contribution is -2.45. The lowest BCUT2D eigenvalue weighted by molar-refractivity contribution is -0.142. The molecule has 1 saturated carbocycles. The molecule has 88 valence electrons. The van der Waals surface area contributed by atoms with Gasteiger partial charge in [0.1, 0.15) is 11.9 Å². The molecule has 16 heavy (non-hydrogen) atoms. The summed E-state index contributed by atoms with van der Waals surface area (Å²) in [6.07, 6.45) is 6.93. The van der Waals surface area contributed by atoms with E-state index < -0.39 is 11.5 Å². The number of carboxylic acids is 1. The van der Waals surface area contributed by atoms with Crippen molar-refractivity contribution in [3.8, 4) is 0 Å². The molecular formula is C10H15N3O2S. The Morgan fingerprint density at radius 2 is 2.06 bits per heavy atom. The predicted octanol–water partition coefficient (Wildman–Crippen LogP) is 2.13. The lowest BCUT2D eigenvalue weighted by Gasteiger charge is -2.28. The summed E-state index contributed by atoms with van der Waals surface area (Å²) in [6.45, 7) is 0. The second kappa shape index (κ2) is 4.78. The molecule has 0 atom stereocenters. The average Bonchev–Trinajstić information content (AvgIpc) is 2.62. The van der Waals surface area contributed by atoms with Crippen molar-refractivity contribution in [1.29, 1.82) is 0 Å². The summed E-state index contributed by atoms with van der Waals surface area (Å²) >= 11 is 1.20.